The van der Waals surface area contributed by atoms with Gasteiger partial charge in [0.15, 0.2) is 5.82 Å². The first kappa shape index (κ1) is 19.5. The molecule has 3 aromatic heterocycles. The number of aromatic nitrogens is 2. The fraction of sp³-hybridized carbons (Fsp3) is 0.520. The minimum atomic E-state index is 0.443. The fourth-order valence-electron chi connectivity index (χ4n) is 6.40. The van der Waals surface area contributed by atoms with Crippen LogP contribution in [0.1, 0.15) is 66.2 Å². The molecule has 162 valence electrons. The summed E-state index contributed by atoms with van der Waals surface area (Å²) < 4.78 is 0. The van der Waals surface area contributed by atoms with Gasteiger partial charge < -0.3 is 16.0 Å². The first-order valence-corrected chi connectivity index (χ1v) is 12.5. The average molecular weight is 434 g/mol. The number of H-pyrrole nitrogens is 1. The topological polar surface area (TPSA) is 79.1 Å². The number of thiophene rings is 1. The van der Waals surface area contributed by atoms with Crippen LogP contribution in [0.2, 0.25) is 0 Å². The molecule has 0 spiro atoms. The predicted octanol–water partition coefficient (Wildman–Crippen LogP) is 5.08. The number of piperidine rings is 1. The Morgan fingerprint density at radius 1 is 1.32 bits per heavy atom. The van der Waals surface area contributed by atoms with Gasteiger partial charge in [-0.15, -0.1) is 11.3 Å². The molecule has 3 aromatic rings. The van der Waals surface area contributed by atoms with Crippen molar-refractivity contribution in [3.8, 4) is 11.3 Å². The molecule has 2 aliphatic carbocycles. The molecule has 0 amide bonds. The van der Waals surface area contributed by atoms with E-state index in [0.29, 0.717) is 11.3 Å². The summed E-state index contributed by atoms with van der Waals surface area (Å²) in [6.45, 7) is 9.35. The second kappa shape index (κ2) is 6.91. The minimum absolute atomic E-state index is 0.443. The van der Waals surface area contributed by atoms with Crippen LogP contribution >= 0.6 is 11.3 Å². The Labute approximate surface area is 187 Å². The fourth-order valence-corrected chi connectivity index (χ4v) is 7.93. The van der Waals surface area contributed by atoms with Crippen molar-refractivity contribution in [1.29, 1.82) is 0 Å². The molecule has 2 unspecified atom stereocenters. The lowest BCUT2D eigenvalue weighted by Crippen LogP contribution is -2.31. The number of hydrogen-bond acceptors (Lipinski definition) is 4. The number of aryl methyl sites for hydroxylation is 1. The van der Waals surface area contributed by atoms with Gasteiger partial charge in [0.05, 0.1) is 12.0 Å². The summed E-state index contributed by atoms with van der Waals surface area (Å²) in [5, 5.41) is 5.06. The Hall–Kier alpha value is -2.18. The molecule has 1 saturated heterocycles. The summed E-state index contributed by atoms with van der Waals surface area (Å²) in [7, 11) is 0. The number of hydrogen-bond donors (Lipinski definition) is 3. The lowest BCUT2D eigenvalue weighted by molar-refractivity contribution is 0.449. The van der Waals surface area contributed by atoms with Crippen LogP contribution in [0.3, 0.4) is 0 Å². The van der Waals surface area contributed by atoms with Crippen LogP contribution in [0.4, 0.5) is 5.82 Å². The number of nitrogens with two attached hydrogens (primary N) is 1. The molecule has 6 heteroatoms. The second-order valence-electron chi connectivity index (χ2n) is 9.92. The molecule has 5 nitrogen and oxygen atoms in total. The van der Waals surface area contributed by atoms with Gasteiger partial charge in [-0.25, -0.2) is 9.98 Å². The van der Waals surface area contributed by atoms with Crippen molar-refractivity contribution in [2.45, 2.75) is 64.2 Å². The third kappa shape index (κ3) is 2.70. The van der Waals surface area contributed by atoms with E-state index < -0.39 is 0 Å². The predicted molar refractivity (Wildman–Crippen MR) is 130 cm³/mol. The van der Waals surface area contributed by atoms with Gasteiger partial charge in [0.25, 0.3) is 0 Å². The van der Waals surface area contributed by atoms with Crippen LogP contribution < -0.4 is 11.1 Å². The summed E-state index contributed by atoms with van der Waals surface area (Å²) in [5.74, 6) is 2.07. The highest BCUT2D eigenvalue weighted by Crippen LogP contribution is 2.61. The number of nitrogens with zero attached hydrogens (tertiary/aromatic N) is 2. The van der Waals surface area contributed by atoms with Crippen molar-refractivity contribution in [2.75, 3.05) is 13.1 Å². The number of pyridine rings is 1. The van der Waals surface area contributed by atoms with Crippen molar-refractivity contribution in [2.24, 2.45) is 16.6 Å². The Balaban J connectivity index is 1.53. The van der Waals surface area contributed by atoms with E-state index in [9.17, 15) is 0 Å². The highest BCUT2D eigenvalue weighted by atomic mass is 32.1. The van der Waals surface area contributed by atoms with E-state index in [1.165, 1.54) is 69.5 Å². The van der Waals surface area contributed by atoms with Crippen molar-refractivity contribution in [3.05, 3.63) is 33.3 Å². The summed E-state index contributed by atoms with van der Waals surface area (Å²) in [6.07, 6.45) is 9.31. The van der Waals surface area contributed by atoms with Gasteiger partial charge in [-0.05, 0) is 80.6 Å². The van der Waals surface area contributed by atoms with E-state index in [1.54, 1.807) is 4.88 Å². The first-order chi connectivity index (χ1) is 15.0. The van der Waals surface area contributed by atoms with E-state index in [0.717, 1.165) is 37.5 Å². The molecule has 0 bridgehead atoms. The number of fused-ring (bicyclic) bond motifs is 3. The van der Waals surface area contributed by atoms with Crippen molar-refractivity contribution >= 4 is 33.7 Å². The molecular formula is C25H31N5S. The second-order valence-corrected chi connectivity index (χ2v) is 10.9. The van der Waals surface area contributed by atoms with E-state index in [4.69, 9.17) is 10.7 Å². The number of rotatable bonds is 4. The molecule has 4 heterocycles. The molecule has 1 aliphatic heterocycles. The molecule has 1 saturated carbocycles. The highest BCUT2D eigenvalue weighted by molar-refractivity contribution is 7.19. The van der Waals surface area contributed by atoms with Gasteiger partial charge in [0, 0.05) is 33.0 Å². The highest BCUT2D eigenvalue weighted by Gasteiger charge is 2.57. The van der Waals surface area contributed by atoms with Crippen molar-refractivity contribution < 1.29 is 0 Å². The van der Waals surface area contributed by atoms with Crippen LogP contribution in [-0.4, -0.2) is 29.4 Å². The van der Waals surface area contributed by atoms with Gasteiger partial charge in [-0.3, -0.25) is 0 Å². The van der Waals surface area contributed by atoms with Gasteiger partial charge in [0.1, 0.15) is 4.83 Å². The first-order valence-electron chi connectivity index (χ1n) is 11.7. The van der Waals surface area contributed by atoms with Crippen LogP contribution in [0.5, 0.6) is 0 Å². The summed E-state index contributed by atoms with van der Waals surface area (Å²) in [6, 6.07) is 0. The Morgan fingerprint density at radius 2 is 2.16 bits per heavy atom. The summed E-state index contributed by atoms with van der Waals surface area (Å²) in [5.41, 5.74) is 14.2. The maximum Gasteiger partial charge on any atom is 0.156 e. The summed E-state index contributed by atoms with van der Waals surface area (Å²) in [4.78, 5) is 15.9. The number of nitrogens with one attached hydrogen (secondary N) is 2. The molecule has 2 atom stereocenters. The van der Waals surface area contributed by atoms with Crippen LogP contribution in [0.15, 0.2) is 11.2 Å². The Kier molecular flexibility index (Phi) is 4.35. The van der Waals surface area contributed by atoms with E-state index in [1.807, 2.05) is 17.5 Å². The quantitative estimate of drug-likeness (QED) is 0.396. The number of aliphatic imine (C=N–C) groups is 1. The molecule has 2 fully saturated rings. The van der Waals surface area contributed by atoms with Crippen LogP contribution in [0, 0.1) is 12.8 Å². The molecule has 4 N–H and O–H groups in total. The standard InChI is InChI=1S/C25H31N5S/c1-13(2)19-20-14(3)22(25-7-8-27-10-15(25)9-25)31-24(20)30-21(19)18-11-28-23(29-12-26)17-6-4-5-16(17)18/h11-13,15,27,30H,4-10H2,1-3H3,(H2,26,28,29). The zero-order chi connectivity index (χ0) is 21.3. The molecule has 31 heavy (non-hydrogen) atoms. The maximum atomic E-state index is 5.57. The lowest BCUT2D eigenvalue weighted by Gasteiger charge is -2.23. The summed E-state index contributed by atoms with van der Waals surface area (Å²) >= 11 is 2.02. The van der Waals surface area contributed by atoms with Crippen LogP contribution in [-0.2, 0) is 18.3 Å². The molecule has 3 aliphatic rings. The van der Waals surface area contributed by atoms with E-state index in [-0.39, 0.29) is 0 Å². The van der Waals surface area contributed by atoms with Crippen molar-refractivity contribution in [1.82, 2.24) is 15.3 Å². The van der Waals surface area contributed by atoms with Gasteiger partial charge in [-0.2, -0.15) is 0 Å². The van der Waals surface area contributed by atoms with Gasteiger partial charge >= 0.3 is 0 Å². The largest absolute Gasteiger partial charge is 0.390 e. The van der Waals surface area contributed by atoms with Crippen LogP contribution in [0.25, 0.3) is 21.5 Å². The average Bonchev–Trinajstić information content (AvgIpc) is 3.05. The monoisotopic (exact) mass is 433 g/mol. The zero-order valence-corrected chi connectivity index (χ0v) is 19.5. The number of aromatic amines is 1. The minimum Gasteiger partial charge on any atom is -0.390 e. The Morgan fingerprint density at radius 3 is 2.94 bits per heavy atom. The Bertz CT molecular complexity index is 1220. The maximum absolute atomic E-state index is 5.57. The molecule has 0 radical (unpaired) electrons. The van der Waals surface area contributed by atoms with Crippen molar-refractivity contribution in [3.63, 3.8) is 0 Å². The van der Waals surface area contributed by atoms with Gasteiger partial charge in [-0.1, -0.05) is 13.8 Å². The normalized spacial score (nSPS) is 25.0. The SMILES string of the molecule is Cc1c(C23CCNCC2C3)sc2[nH]c(-c3cnc(N=CN)c4c3CCC4)c(C(C)C)c12. The zero-order valence-electron chi connectivity index (χ0n) is 18.6. The van der Waals surface area contributed by atoms with Gasteiger partial charge in [0.2, 0.25) is 0 Å². The molecule has 6 rings (SSSR count). The third-order valence-corrected chi connectivity index (χ3v) is 9.35. The smallest absolute Gasteiger partial charge is 0.156 e. The third-order valence-electron chi connectivity index (χ3n) is 7.92. The molecular weight excluding hydrogens is 402 g/mol. The molecule has 0 aromatic carbocycles. The van der Waals surface area contributed by atoms with E-state index >= 15 is 0 Å². The van der Waals surface area contributed by atoms with E-state index in [2.05, 4.69) is 36.1 Å². The lowest BCUT2D eigenvalue weighted by atomic mass is 9.89.